The van der Waals surface area contributed by atoms with Crippen LogP contribution in [0, 0.1) is 17.5 Å². The Morgan fingerprint density at radius 2 is 1.52 bits per heavy atom. The van der Waals surface area contributed by atoms with Crippen molar-refractivity contribution in [2.45, 2.75) is 6.18 Å². The predicted molar refractivity (Wildman–Crippen MR) is 61.2 cm³/mol. The van der Waals surface area contributed by atoms with Crippen molar-refractivity contribution in [3.8, 4) is 0 Å². The third-order valence-corrected chi connectivity index (χ3v) is 2.71. The Bertz CT molecular complexity index is 705. The van der Waals surface area contributed by atoms with E-state index in [2.05, 4.69) is 0 Å². The van der Waals surface area contributed by atoms with Crippen LogP contribution in [0.3, 0.4) is 0 Å². The average molecular weight is 304 g/mol. The van der Waals surface area contributed by atoms with Gasteiger partial charge in [0.1, 0.15) is 17.5 Å². The number of hydrogen-bond donors (Lipinski definition) is 0. The van der Waals surface area contributed by atoms with Crippen molar-refractivity contribution < 1.29 is 31.1 Å². The lowest BCUT2D eigenvalue weighted by Gasteiger charge is -2.09. The molecule has 0 aliphatic carbocycles. The summed E-state index contributed by atoms with van der Waals surface area (Å²) in [7, 11) is 0. The second-order valence-electron chi connectivity index (χ2n) is 4.15. The second-order valence-corrected chi connectivity index (χ2v) is 4.15. The summed E-state index contributed by atoms with van der Waals surface area (Å²) in [5.41, 5.74) is -2.56. The van der Waals surface area contributed by atoms with Gasteiger partial charge >= 0.3 is 6.18 Å². The number of ketones is 1. The average Bonchev–Trinajstić information content (AvgIpc) is 2.36. The molecule has 0 bridgehead atoms. The predicted octanol–water partition coefficient (Wildman–Crippen LogP) is 4.35. The highest BCUT2D eigenvalue weighted by molar-refractivity contribution is 6.09. The highest BCUT2D eigenvalue weighted by Gasteiger charge is 2.34. The van der Waals surface area contributed by atoms with Crippen LogP contribution in [0.5, 0.6) is 0 Å². The fraction of sp³-hybridized carbons (Fsp3) is 0.0714. The fourth-order valence-corrected chi connectivity index (χ4v) is 1.72. The van der Waals surface area contributed by atoms with Crippen LogP contribution in [0.15, 0.2) is 36.4 Å². The molecule has 0 saturated heterocycles. The van der Waals surface area contributed by atoms with Gasteiger partial charge in [0.2, 0.25) is 0 Å². The van der Waals surface area contributed by atoms with Crippen LogP contribution >= 0.6 is 0 Å². The Balaban J connectivity index is 2.43. The molecule has 0 N–H and O–H groups in total. The molecule has 21 heavy (non-hydrogen) atoms. The van der Waals surface area contributed by atoms with Gasteiger partial charge in [-0.05, 0) is 24.3 Å². The zero-order valence-corrected chi connectivity index (χ0v) is 10.1. The van der Waals surface area contributed by atoms with E-state index >= 15 is 0 Å². The molecule has 0 saturated carbocycles. The van der Waals surface area contributed by atoms with E-state index in [0.717, 1.165) is 18.2 Å². The van der Waals surface area contributed by atoms with Gasteiger partial charge in [-0.25, -0.2) is 13.2 Å². The van der Waals surface area contributed by atoms with Gasteiger partial charge in [0.05, 0.1) is 11.1 Å². The van der Waals surface area contributed by atoms with Gasteiger partial charge in [-0.15, -0.1) is 0 Å². The topological polar surface area (TPSA) is 17.1 Å². The molecule has 0 heterocycles. The minimum atomic E-state index is -4.90. The van der Waals surface area contributed by atoms with E-state index in [1.165, 1.54) is 0 Å². The zero-order valence-electron chi connectivity index (χ0n) is 10.1. The lowest BCUT2D eigenvalue weighted by Crippen LogP contribution is -2.11. The van der Waals surface area contributed by atoms with Crippen LogP contribution in [0.25, 0.3) is 0 Å². The lowest BCUT2D eigenvalue weighted by atomic mass is 10.0. The van der Waals surface area contributed by atoms with E-state index in [-0.39, 0.29) is 0 Å². The van der Waals surface area contributed by atoms with Gasteiger partial charge in [-0.3, -0.25) is 4.79 Å². The molecule has 0 spiro atoms. The standard InChI is InChI=1S/C14H6F6O/c15-8-2-3-9(11(16)6-8)13(21)7-1-4-10(12(17)5-7)14(18,19)20/h1-6H. The summed E-state index contributed by atoms with van der Waals surface area (Å²) in [4.78, 5) is 11.9. The molecule has 0 aliphatic heterocycles. The third-order valence-electron chi connectivity index (χ3n) is 2.71. The molecule has 0 atom stereocenters. The molecular formula is C14H6F6O. The number of carbonyl (C=O) groups excluding carboxylic acids is 1. The molecule has 0 unspecified atom stereocenters. The Hall–Kier alpha value is -2.31. The molecule has 0 amide bonds. The van der Waals surface area contributed by atoms with Crippen LogP contribution in [0.1, 0.15) is 21.5 Å². The maximum atomic E-state index is 13.4. The molecule has 0 aromatic heterocycles. The van der Waals surface area contributed by atoms with E-state index in [4.69, 9.17) is 0 Å². The minimum absolute atomic E-state index is 0.369. The van der Waals surface area contributed by atoms with Crippen LogP contribution in [0.2, 0.25) is 0 Å². The molecular weight excluding hydrogens is 298 g/mol. The SMILES string of the molecule is O=C(c1ccc(C(F)(F)F)c(F)c1)c1ccc(F)cc1F. The largest absolute Gasteiger partial charge is 0.419 e. The maximum absolute atomic E-state index is 13.4. The van der Waals surface area contributed by atoms with Crippen molar-refractivity contribution in [2.24, 2.45) is 0 Å². The number of rotatable bonds is 2. The lowest BCUT2D eigenvalue weighted by molar-refractivity contribution is -0.140. The molecule has 2 rings (SSSR count). The fourth-order valence-electron chi connectivity index (χ4n) is 1.72. The van der Waals surface area contributed by atoms with E-state index in [1.54, 1.807) is 0 Å². The summed E-state index contributed by atoms with van der Waals surface area (Å²) in [6.07, 6.45) is -4.90. The van der Waals surface area contributed by atoms with Crippen molar-refractivity contribution in [1.82, 2.24) is 0 Å². The molecule has 7 heteroatoms. The first-order chi connectivity index (χ1) is 9.70. The Kier molecular flexibility index (Phi) is 3.76. The molecule has 0 aliphatic rings. The van der Waals surface area contributed by atoms with Gasteiger partial charge in [-0.2, -0.15) is 13.2 Å². The van der Waals surface area contributed by atoms with Crippen LogP contribution in [-0.2, 0) is 6.18 Å². The summed E-state index contributed by atoms with van der Waals surface area (Å²) < 4.78 is 76.7. The number of benzene rings is 2. The Labute approximate surface area is 114 Å². The molecule has 0 radical (unpaired) electrons. The number of halogens is 6. The number of carbonyl (C=O) groups is 1. The van der Waals surface area contributed by atoms with Gasteiger partial charge in [0.25, 0.3) is 0 Å². The number of hydrogen-bond acceptors (Lipinski definition) is 1. The van der Waals surface area contributed by atoms with Gasteiger partial charge in [0.15, 0.2) is 5.78 Å². The van der Waals surface area contributed by atoms with Crippen LogP contribution < -0.4 is 0 Å². The molecule has 1 nitrogen and oxygen atoms in total. The molecule has 110 valence electrons. The minimum Gasteiger partial charge on any atom is -0.288 e. The highest BCUT2D eigenvalue weighted by Crippen LogP contribution is 2.32. The summed E-state index contributed by atoms with van der Waals surface area (Å²) in [6.45, 7) is 0. The van der Waals surface area contributed by atoms with E-state index < -0.39 is 46.1 Å². The van der Waals surface area contributed by atoms with Crippen molar-refractivity contribution >= 4 is 5.78 Å². The number of alkyl halides is 3. The van der Waals surface area contributed by atoms with Crippen LogP contribution in [-0.4, -0.2) is 5.78 Å². The van der Waals surface area contributed by atoms with E-state index in [0.29, 0.717) is 18.2 Å². The summed E-state index contributed by atoms with van der Waals surface area (Å²) in [5, 5.41) is 0. The quantitative estimate of drug-likeness (QED) is 0.595. The first-order valence-corrected chi connectivity index (χ1v) is 5.56. The Morgan fingerprint density at radius 1 is 0.857 bits per heavy atom. The van der Waals surface area contributed by atoms with Crippen molar-refractivity contribution in [1.29, 1.82) is 0 Å². The normalized spacial score (nSPS) is 11.5. The first kappa shape index (κ1) is 15.1. The van der Waals surface area contributed by atoms with Gasteiger partial charge in [0, 0.05) is 11.6 Å². The van der Waals surface area contributed by atoms with Gasteiger partial charge < -0.3 is 0 Å². The summed E-state index contributed by atoms with van der Waals surface area (Å²) >= 11 is 0. The monoisotopic (exact) mass is 304 g/mol. The molecule has 0 fully saturated rings. The third kappa shape index (κ3) is 3.07. The zero-order chi connectivity index (χ0) is 15.8. The van der Waals surface area contributed by atoms with Crippen molar-refractivity contribution in [2.75, 3.05) is 0 Å². The first-order valence-electron chi connectivity index (χ1n) is 5.56. The smallest absolute Gasteiger partial charge is 0.288 e. The molecule has 2 aromatic carbocycles. The summed E-state index contributed by atoms with van der Waals surface area (Å²) in [6, 6.07) is 3.60. The Morgan fingerprint density at radius 3 is 2.05 bits per heavy atom. The summed E-state index contributed by atoms with van der Waals surface area (Å²) in [5.74, 6) is -4.78. The highest BCUT2D eigenvalue weighted by atomic mass is 19.4. The van der Waals surface area contributed by atoms with Gasteiger partial charge in [-0.1, -0.05) is 6.07 Å². The van der Waals surface area contributed by atoms with E-state index in [1.807, 2.05) is 0 Å². The molecule has 2 aromatic rings. The maximum Gasteiger partial charge on any atom is 0.419 e. The van der Waals surface area contributed by atoms with Crippen molar-refractivity contribution in [3.05, 3.63) is 70.5 Å². The second kappa shape index (κ2) is 5.23. The van der Waals surface area contributed by atoms with Crippen LogP contribution in [0.4, 0.5) is 26.3 Å². The van der Waals surface area contributed by atoms with Crippen molar-refractivity contribution in [3.63, 3.8) is 0 Å². The van der Waals surface area contributed by atoms with E-state index in [9.17, 15) is 31.1 Å².